The second kappa shape index (κ2) is 7.41. The van der Waals surface area contributed by atoms with E-state index in [4.69, 9.17) is 4.74 Å². The van der Waals surface area contributed by atoms with Gasteiger partial charge < -0.3 is 15.4 Å². The summed E-state index contributed by atoms with van der Waals surface area (Å²) >= 11 is 0. The lowest BCUT2D eigenvalue weighted by Gasteiger charge is -2.23. The highest BCUT2D eigenvalue weighted by molar-refractivity contribution is 5.67. The predicted molar refractivity (Wildman–Crippen MR) is 81.6 cm³/mol. The summed E-state index contributed by atoms with van der Waals surface area (Å²) in [7, 11) is 0. The number of amides is 1. The van der Waals surface area contributed by atoms with E-state index in [0.717, 1.165) is 0 Å². The van der Waals surface area contributed by atoms with Crippen LogP contribution < -0.4 is 10.6 Å². The number of halogens is 1. The minimum Gasteiger partial charge on any atom is -0.444 e. The van der Waals surface area contributed by atoms with Crippen LogP contribution in [0.25, 0.3) is 0 Å². The van der Waals surface area contributed by atoms with E-state index in [9.17, 15) is 9.18 Å². The predicted octanol–water partition coefficient (Wildman–Crippen LogP) is 3.39. The minimum absolute atomic E-state index is 0.00729. The maximum atomic E-state index is 13.7. The van der Waals surface area contributed by atoms with Gasteiger partial charge in [0.2, 0.25) is 0 Å². The van der Waals surface area contributed by atoms with Gasteiger partial charge in [0.1, 0.15) is 11.4 Å². The molecule has 0 aliphatic carbocycles. The fourth-order valence-electron chi connectivity index (χ4n) is 1.95. The Morgan fingerprint density at radius 1 is 1.29 bits per heavy atom. The van der Waals surface area contributed by atoms with Gasteiger partial charge in [0.15, 0.2) is 0 Å². The smallest absolute Gasteiger partial charge is 0.407 e. The van der Waals surface area contributed by atoms with Gasteiger partial charge in [-0.1, -0.05) is 18.2 Å². The second-order valence-electron chi connectivity index (χ2n) is 6.19. The number of rotatable bonds is 5. The molecule has 118 valence electrons. The molecule has 5 heteroatoms. The van der Waals surface area contributed by atoms with E-state index < -0.39 is 11.7 Å². The maximum Gasteiger partial charge on any atom is 0.407 e. The number of hydrogen-bond acceptors (Lipinski definition) is 3. The van der Waals surface area contributed by atoms with Crippen LogP contribution in [0.1, 0.15) is 46.2 Å². The largest absolute Gasteiger partial charge is 0.444 e. The third-order valence-electron chi connectivity index (χ3n) is 2.86. The molecule has 0 fully saturated rings. The molecule has 1 amide bonds. The van der Waals surface area contributed by atoms with Crippen molar-refractivity contribution in [3.8, 4) is 0 Å². The highest BCUT2D eigenvalue weighted by Gasteiger charge is 2.17. The summed E-state index contributed by atoms with van der Waals surface area (Å²) in [6.07, 6.45) is -0.449. The third-order valence-corrected chi connectivity index (χ3v) is 2.86. The lowest BCUT2D eigenvalue weighted by Crippen LogP contribution is -2.42. The highest BCUT2D eigenvalue weighted by Crippen LogP contribution is 2.16. The Morgan fingerprint density at radius 2 is 1.90 bits per heavy atom. The summed E-state index contributed by atoms with van der Waals surface area (Å²) in [5, 5.41) is 5.94. The molecule has 2 atom stereocenters. The standard InChI is InChI=1S/C16H25FN2O2/c1-11(10-18-15(20)21-16(3,4)5)19-12(2)13-8-6-7-9-14(13)17/h6-9,11-12,19H,10H2,1-5H3,(H,18,20). The van der Waals surface area contributed by atoms with Crippen molar-refractivity contribution < 1.29 is 13.9 Å². The second-order valence-corrected chi connectivity index (χ2v) is 6.19. The van der Waals surface area contributed by atoms with E-state index in [1.54, 1.807) is 18.2 Å². The molecule has 4 nitrogen and oxygen atoms in total. The van der Waals surface area contributed by atoms with Crippen LogP contribution in [0.2, 0.25) is 0 Å². The first-order valence-corrected chi connectivity index (χ1v) is 7.16. The van der Waals surface area contributed by atoms with Crippen molar-refractivity contribution in [3.05, 3.63) is 35.6 Å². The first kappa shape index (κ1) is 17.4. The van der Waals surface area contributed by atoms with Crippen molar-refractivity contribution in [3.63, 3.8) is 0 Å². The molecule has 0 aromatic heterocycles. The number of alkyl carbamates (subject to hydrolysis) is 1. The van der Waals surface area contributed by atoms with E-state index in [1.165, 1.54) is 6.07 Å². The van der Waals surface area contributed by atoms with Crippen molar-refractivity contribution in [1.29, 1.82) is 0 Å². The molecular formula is C16H25FN2O2. The Balaban J connectivity index is 2.42. The quantitative estimate of drug-likeness (QED) is 0.875. The lowest BCUT2D eigenvalue weighted by molar-refractivity contribution is 0.0522. The van der Waals surface area contributed by atoms with Crippen molar-refractivity contribution in [1.82, 2.24) is 10.6 Å². The zero-order valence-electron chi connectivity index (χ0n) is 13.4. The average molecular weight is 296 g/mol. The molecule has 0 radical (unpaired) electrons. The van der Waals surface area contributed by atoms with Gasteiger partial charge in [-0.05, 0) is 40.7 Å². The van der Waals surface area contributed by atoms with Crippen LogP contribution in [0.3, 0.4) is 0 Å². The molecule has 1 aromatic carbocycles. The van der Waals surface area contributed by atoms with Gasteiger partial charge in [0.05, 0.1) is 0 Å². The summed E-state index contributed by atoms with van der Waals surface area (Å²) in [6, 6.07) is 6.52. The topological polar surface area (TPSA) is 50.4 Å². The molecule has 2 unspecified atom stereocenters. The number of hydrogen-bond donors (Lipinski definition) is 2. The molecule has 0 saturated carbocycles. The summed E-state index contributed by atoms with van der Waals surface area (Å²) < 4.78 is 18.8. The molecular weight excluding hydrogens is 271 g/mol. The molecule has 1 aromatic rings. The van der Waals surface area contributed by atoms with E-state index in [2.05, 4.69) is 10.6 Å². The first-order valence-electron chi connectivity index (χ1n) is 7.16. The molecule has 21 heavy (non-hydrogen) atoms. The summed E-state index contributed by atoms with van der Waals surface area (Å²) in [4.78, 5) is 11.6. The first-order chi connectivity index (χ1) is 9.69. The van der Waals surface area contributed by atoms with Crippen LogP contribution in [0.4, 0.5) is 9.18 Å². The SMILES string of the molecule is CC(CNC(=O)OC(C)(C)C)NC(C)c1ccccc1F. The third kappa shape index (κ3) is 6.58. The zero-order chi connectivity index (χ0) is 16.0. The molecule has 2 N–H and O–H groups in total. The Kier molecular flexibility index (Phi) is 6.15. The summed E-state index contributed by atoms with van der Waals surface area (Å²) in [5.74, 6) is -0.232. The normalized spacial score (nSPS) is 14.4. The van der Waals surface area contributed by atoms with E-state index in [1.807, 2.05) is 34.6 Å². The fraction of sp³-hybridized carbons (Fsp3) is 0.562. The maximum absolute atomic E-state index is 13.7. The summed E-state index contributed by atoms with van der Waals surface area (Å²) in [5.41, 5.74) is 0.0999. The molecule has 0 aliphatic rings. The number of carbonyl (C=O) groups excluding carboxylic acids is 1. The van der Waals surface area contributed by atoms with Gasteiger partial charge in [-0.3, -0.25) is 0 Å². The van der Waals surface area contributed by atoms with Crippen LogP contribution in [-0.2, 0) is 4.74 Å². The number of carbonyl (C=O) groups is 1. The van der Waals surface area contributed by atoms with Gasteiger partial charge in [0, 0.05) is 24.2 Å². The number of ether oxygens (including phenoxy) is 1. The fourth-order valence-corrected chi connectivity index (χ4v) is 1.95. The van der Waals surface area contributed by atoms with Gasteiger partial charge in [0.25, 0.3) is 0 Å². The molecule has 0 heterocycles. The zero-order valence-corrected chi connectivity index (χ0v) is 13.4. The van der Waals surface area contributed by atoms with E-state index in [-0.39, 0.29) is 17.9 Å². The van der Waals surface area contributed by atoms with Crippen molar-refractivity contribution in [2.24, 2.45) is 0 Å². The molecule has 1 rings (SSSR count). The Labute approximate surface area is 126 Å². The molecule has 0 saturated heterocycles. The molecule has 0 bridgehead atoms. The highest BCUT2D eigenvalue weighted by atomic mass is 19.1. The Bertz CT molecular complexity index is 472. The van der Waals surface area contributed by atoms with Gasteiger partial charge >= 0.3 is 6.09 Å². The summed E-state index contributed by atoms with van der Waals surface area (Å²) in [6.45, 7) is 9.67. The Hall–Kier alpha value is -1.62. The van der Waals surface area contributed by atoms with Crippen molar-refractivity contribution in [2.45, 2.75) is 52.3 Å². The monoisotopic (exact) mass is 296 g/mol. The average Bonchev–Trinajstić information content (AvgIpc) is 2.34. The van der Waals surface area contributed by atoms with E-state index in [0.29, 0.717) is 12.1 Å². The Morgan fingerprint density at radius 3 is 2.48 bits per heavy atom. The van der Waals surface area contributed by atoms with Crippen LogP contribution >= 0.6 is 0 Å². The van der Waals surface area contributed by atoms with Crippen LogP contribution in [-0.4, -0.2) is 24.3 Å². The van der Waals surface area contributed by atoms with Crippen molar-refractivity contribution >= 4 is 6.09 Å². The van der Waals surface area contributed by atoms with Gasteiger partial charge in [-0.15, -0.1) is 0 Å². The van der Waals surface area contributed by atoms with Gasteiger partial charge in [-0.2, -0.15) is 0 Å². The van der Waals surface area contributed by atoms with Crippen LogP contribution in [0.5, 0.6) is 0 Å². The molecule has 0 spiro atoms. The van der Waals surface area contributed by atoms with Crippen molar-refractivity contribution in [2.75, 3.05) is 6.54 Å². The lowest BCUT2D eigenvalue weighted by atomic mass is 10.1. The van der Waals surface area contributed by atoms with Crippen LogP contribution in [0, 0.1) is 5.82 Å². The number of nitrogens with one attached hydrogen (secondary N) is 2. The molecule has 0 aliphatic heterocycles. The van der Waals surface area contributed by atoms with E-state index >= 15 is 0 Å². The number of benzene rings is 1. The van der Waals surface area contributed by atoms with Crippen LogP contribution in [0.15, 0.2) is 24.3 Å². The van der Waals surface area contributed by atoms with Gasteiger partial charge in [-0.25, -0.2) is 9.18 Å². The minimum atomic E-state index is -0.513.